The van der Waals surface area contributed by atoms with Crippen molar-refractivity contribution in [2.75, 3.05) is 7.11 Å². The van der Waals surface area contributed by atoms with Crippen molar-refractivity contribution in [1.82, 2.24) is 9.97 Å². The number of aryl methyl sites for hydroxylation is 1. The van der Waals surface area contributed by atoms with E-state index in [1.165, 1.54) is 7.11 Å². The topological polar surface area (TPSA) is 55.0 Å². The maximum Gasteiger partial charge on any atom is 0.342 e. The van der Waals surface area contributed by atoms with Gasteiger partial charge in [-0.2, -0.15) is 0 Å². The maximum absolute atomic E-state index is 11.6. The summed E-state index contributed by atoms with van der Waals surface area (Å²) in [6, 6.07) is 5.11. The van der Waals surface area contributed by atoms with Crippen LogP contribution in [-0.2, 0) is 4.74 Å². The lowest BCUT2D eigenvalue weighted by atomic mass is 10.2. The minimum absolute atomic E-state index is 0.175. The summed E-state index contributed by atoms with van der Waals surface area (Å²) >= 11 is 17.0. The van der Waals surface area contributed by atoms with Crippen molar-refractivity contribution < 1.29 is 9.53 Å². The van der Waals surface area contributed by atoms with Gasteiger partial charge in [-0.3, -0.25) is 0 Å². The zero-order chi connectivity index (χ0) is 14.9. The minimum atomic E-state index is -0.517. The van der Waals surface area contributed by atoms with Gasteiger partial charge in [-0.05, 0) is 25.1 Å². The molecule has 20 heavy (non-hydrogen) atoms. The van der Waals surface area contributed by atoms with Crippen molar-refractivity contribution in [3.05, 3.63) is 44.1 Å². The van der Waals surface area contributed by atoms with Crippen molar-refractivity contribution in [1.29, 1.82) is 0 Å². The molecule has 1 N–H and O–H groups in total. The number of carbonyl (C=O) groups excluding carboxylic acids is 1. The second-order valence-electron chi connectivity index (χ2n) is 4.01. The summed E-state index contributed by atoms with van der Waals surface area (Å²) in [7, 11) is 1.30. The Morgan fingerprint density at radius 3 is 2.60 bits per heavy atom. The normalized spacial score (nSPS) is 10.4. The summed E-state index contributed by atoms with van der Waals surface area (Å²) in [5.74, 6) is -0.00402. The largest absolute Gasteiger partial charge is 0.465 e. The smallest absolute Gasteiger partial charge is 0.342 e. The molecule has 0 spiro atoms. The van der Waals surface area contributed by atoms with Crippen molar-refractivity contribution in [3.63, 3.8) is 0 Å². The highest BCUT2D eigenvalue weighted by Crippen LogP contribution is 2.27. The number of nitrogens with zero attached hydrogens (tertiary/aromatic N) is 1. The van der Waals surface area contributed by atoms with Crippen LogP contribution in [-0.4, -0.2) is 23.0 Å². The number of rotatable bonds is 2. The molecule has 0 saturated heterocycles. The standard InChI is InChI=1S/C13H10Cl2N2O2S/c1-6-10(13(18)19-2)12(20)17-11(16-6)7-3-4-8(14)9(15)5-7/h3-5H,1-2H3,(H,16,17,20). The van der Waals surface area contributed by atoms with Gasteiger partial charge in [-0.1, -0.05) is 35.4 Å². The molecule has 0 radical (unpaired) electrons. The van der Waals surface area contributed by atoms with Crippen LogP contribution in [0.15, 0.2) is 18.2 Å². The van der Waals surface area contributed by atoms with Crippen LogP contribution in [0.3, 0.4) is 0 Å². The number of nitrogens with one attached hydrogen (secondary N) is 1. The molecule has 0 bridgehead atoms. The lowest BCUT2D eigenvalue weighted by molar-refractivity contribution is 0.0598. The molecule has 0 aliphatic heterocycles. The Kier molecular flexibility index (Phi) is 4.42. The van der Waals surface area contributed by atoms with Gasteiger partial charge in [0.1, 0.15) is 16.0 Å². The van der Waals surface area contributed by atoms with Crippen molar-refractivity contribution in [2.45, 2.75) is 6.92 Å². The number of halogens is 2. The van der Waals surface area contributed by atoms with E-state index in [9.17, 15) is 4.79 Å². The Hall–Kier alpha value is -1.43. The molecule has 0 saturated carbocycles. The lowest BCUT2D eigenvalue weighted by Gasteiger charge is -2.08. The highest BCUT2D eigenvalue weighted by Gasteiger charge is 2.15. The van der Waals surface area contributed by atoms with Crippen LogP contribution in [0.4, 0.5) is 0 Å². The molecule has 0 aliphatic carbocycles. The van der Waals surface area contributed by atoms with Gasteiger partial charge in [0.25, 0.3) is 0 Å². The van der Waals surface area contributed by atoms with E-state index in [2.05, 4.69) is 14.7 Å². The van der Waals surface area contributed by atoms with Crippen molar-refractivity contribution in [2.24, 2.45) is 0 Å². The molecule has 0 unspecified atom stereocenters. The maximum atomic E-state index is 11.6. The summed E-state index contributed by atoms with van der Waals surface area (Å²) in [4.78, 5) is 18.8. The predicted octanol–water partition coefficient (Wildman–Crippen LogP) is 4.21. The minimum Gasteiger partial charge on any atom is -0.465 e. The van der Waals surface area contributed by atoms with Crippen LogP contribution >= 0.6 is 35.4 Å². The fourth-order valence-corrected chi connectivity index (χ4v) is 2.33. The van der Waals surface area contributed by atoms with Gasteiger partial charge in [0.15, 0.2) is 0 Å². The van der Waals surface area contributed by atoms with E-state index in [1.807, 2.05) is 0 Å². The number of esters is 1. The monoisotopic (exact) mass is 328 g/mol. The third kappa shape index (κ3) is 2.85. The van der Waals surface area contributed by atoms with Gasteiger partial charge in [0, 0.05) is 11.3 Å². The van der Waals surface area contributed by atoms with Crippen LogP contribution in [0.5, 0.6) is 0 Å². The quantitative estimate of drug-likeness (QED) is 0.662. The molecule has 1 heterocycles. The molecule has 7 heteroatoms. The van der Waals surface area contributed by atoms with E-state index in [0.717, 1.165) is 5.56 Å². The first-order valence-corrected chi connectivity index (χ1v) is 6.75. The van der Waals surface area contributed by atoms with Crippen molar-refractivity contribution >= 4 is 41.4 Å². The number of hydrogen-bond donors (Lipinski definition) is 1. The average molecular weight is 329 g/mol. The van der Waals surface area contributed by atoms with Gasteiger partial charge < -0.3 is 9.72 Å². The fourth-order valence-electron chi connectivity index (χ4n) is 1.71. The van der Waals surface area contributed by atoms with Gasteiger partial charge in [-0.25, -0.2) is 9.78 Å². The van der Waals surface area contributed by atoms with Crippen molar-refractivity contribution in [3.8, 4) is 11.4 Å². The zero-order valence-electron chi connectivity index (χ0n) is 10.7. The van der Waals surface area contributed by atoms with E-state index < -0.39 is 5.97 Å². The number of aromatic nitrogens is 2. The number of H-pyrrole nitrogens is 1. The summed E-state index contributed by atoms with van der Waals surface area (Å²) in [5.41, 5.74) is 1.56. The summed E-state index contributed by atoms with van der Waals surface area (Å²) in [6.45, 7) is 1.73. The van der Waals surface area contributed by atoms with Crippen LogP contribution in [0, 0.1) is 11.6 Å². The number of benzene rings is 1. The highest BCUT2D eigenvalue weighted by molar-refractivity contribution is 7.71. The summed E-state index contributed by atoms with van der Waals surface area (Å²) < 4.78 is 4.85. The van der Waals surface area contributed by atoms with Gasteiger partial charge in [0.05, 0.1) is 17.2 Å². The van der Waals surface area contributed by atoms with Gasteiger partial charge in [0.2, 0.25) is 0 Å². The van der Waals surface area contributed by atoms with E-state index in [4.69, 9.17) is 35.4 Å². The van der Waals surface area contributed by atoms with Crippen LogP contribution < -0.4 is 0 Å². The molecular weight excluding hydrogens is 319 g/mol. The Balaban J connectivity index is 2.57. The third-order valence-electron chi connectivity index (χ3n) is 2.69. The first-order valence-electron chi connectivity index (χ1n) is 5.58. The van der Waals surface area contributed by atoms with Crippen LogP contribution in [0.2, 0.25) is 10.0 Å². The summed E-state index contributed by atoms with van der Waals surface area (Å²) in [6.07, 6.45) is 0. The Morgan fingerprint density at radius 2 is 2.05 bits per heavy atom. The van der Waals surface area contributed by atoms with Crippen LogP contribution in [0.1, 0.15) is 16.1 Å². The Morgan fingerprint density at radius 1 is 1.35 bits per heavy atom. The number of aromatic amines is 1. The second-order valence-corrected chi connectivity index (χ2v) is 5.21. The number of methoxy groups -OCH3 is 1. The average Bonchev–Trinajstić information content (AvgIpc) is 2.40. The molecule has 2 rings (SSSR count). The number of carbonyl (C=O) groups is 1. The fraction of sp³-hybridized carbons (Fsp3) is 0.154. The zero-order valence-corrected chi connectivity index (χ0v) is 13.0. The third-order valence-corrected chi connectivity index (χ3v) is 3.73. The molecule has 0 atom stereocenters. The molecule has 0 fully saturated rings. The first-order chi connectivity index (χ1) is 9.43. The molecule has 1 aromatic heterocycles. The Labute approximate surface area is 130 Å². The molecule has 104 valence electrons. The first kappa shape index (κ1) is 15.0. The molecule has 2 aromatic rings. The molecule has 1 aromatic carbocycles. The number of hydrogen-bond acceptors (Lipinski definition) is 4. The highest BCUT2D eigenvalue weighted by atomic mass is 35.5. The van der Waals surface area contributed by atoms with Gasteiger partial charge >= 0.3 is 5.97 Å². The SMILES string of the molecule is COC(=O)c1c(C)[nH]c(-c2ccc(Cl)c(Cl)c2)nc1=S. The summed E-state index contributed by atoms with van der Waals surface area (Å²) in [5, 5.41) is 0.872. The van der Waals surface area contributed by atoms with E-state index in [0.29, 0.717) is 21.6 Å². The molecule has 4 nitrogen and oxygen atoms in total. The van der Waals surface area contributed by atoms with Gasteiger partial charge in [-0.15, -0.1) is 0 Å². The van der Waals surface area contributed by atoms with Crippen LogP contribution in [0.25, 0.3) is 11.4 Å². The van der Waals surface area contributed by atoms with E-state index in [1.54, 1.807) is 25.1 Å². The number of ether oxygens (including phenoxy) is 1. The van der Waals surface area contributed by atoms with E-state index in [-0.39, 0.29) is 10.2 Å². The molecule has 0 amide bonds. The second kappa shape index (κ2) is 5.91. The Bertz CT molecular complexity index is 744. The lowest BCUT2D eigenvalue weighted by Crippen LogP contribution is -2.08. The molecular formula is C13H10Cl2N2O2S. The predicted molar refractivity (Wildman–Crippen MR) is 81.0 cm³/mol. The molecule has 0 aliphatic rings. The van der Waals surface area contributed by atoms with E-state index >= 15 is 0 Å².